The normalized spacial score (nSPS) is 13.2. The van der Waals surface area contributed by atoms with Crippen molar-refractivity contribution < 1.29 is 14.6 Å². The number of hydrogen-bond acceptors (Lipinski definition) is 3. The van der Waals surface area contributed by atoms with Gasteiger partial charge in [0.1, 0.15) is 11.9 Å². The largest absolute Gasteiger partial charge is 0.467 e. The summed E-state index contributed by atoms with van der Waals surface area (Å²) in [4.78, 5) is 0. The average Bonchev–Trinajstić information content (AvgIpc) is 2.56. The molecule has 1 rings (SSSR count). The topological polar surface area (TPSA) is 53.6 Å². The molecule has 0 saturated heterocycles. The van der Waals surface area contributed by atoms with Crippen LogP contribution < -0.4 is 0 Å². The highest BCUT2D eigenvalue weighted by atomic mass is 16.4. The van der Waals surface area contributed by atoms with Crippen LogP contribution in [0.4, 0.5) is 0 Å². The summed E-state index contributed by atoms with van der Waals surface area (Å²) in [7, 11) is 0. The molecule has 0 aliphatic rings. The molecule has 0 aromatic carbocycles. The maximum Gasteiger partial charge on any atom is 0.132 e. The Balaban J connectivity index is 2.25. The van der Waals surface area contributed by atoms with Crippen LogP contribution in [0.25, 0.3) is 0 Å². The second-order valence-corrected chi connectivity index (χ2v) is 2.75. The molecule has 12 heavy (non-hydrogen) atoms. The lowest BCUT2D eigenvalue weighted by atomic mass is 10.1. The first kappa shape index (κ1) is 9.29. The van der Waals surface area contributed by atoms with Crippen molar-refractivity contribution in [2.45, 2.75) is 25.4 Å². The minimum absolute atomic E-state index is 0.185. The van der Waals surface area contributed by atoms with Crippen molar-refractivity contribution in [1.29, 1.82) is 0 Å². The van der Waals surface area contributed by atoms with Gasteiger partial charge in [0.05, 0.1) is 6.26 Å². The van der Waals surface area contributed by atoms with Crippen LogP contribution in [0.15, 0.2) is 22.8 Å². The van der Waals surface area contributed by atoms with Crippen LogP contribution in [0.5, 0.6) is 0 Å². The second kappa shape index (κ2) is 4.95. The Labute approximate surface area is 71.6 Å². The first-order valence-electron chi connectivity index (χ1n) is 4.17. The zero-order chi connectivity index (χ0) is 8.81. The first-order chi connectivity index (χ1) is 5.84. The summed E-state index contributed by atoms with van der Waals surface area (Å²) in [5.41, 5.74) is 0. The number of aliphatic hydroxyl groups excluding tert-OH is 2. The summed E-state index contributed by atoms with van der Waals surface area (Å²) in [5, 5.41) is 18.0. The van der Waals surface area contributed by atoms with Crippen LogP contribution in [-0.4, -0.2) is 16.8 Å². The third kappa shape index (κ3) is 2.68. The Morgan fingerprint density at radius 1 is 1.42 bits per heavy atom. The van der Waals surface area contributed by atoms with E-state index in [9.17, 15) is 5.11 Å². The molecule has 0 amide bonds. The van der Waals surface area contributed by atoms with Crippen LogP contribution in [0.1, 0.15) is 31.1 Å². The molecule has 0 radical (unpaired) electrons. The lowest BCUT2D eigenvalue weighted by Gasteiger charge is -2.05. The van der Waals surface area contributed by atoms with Gasteiger partial charge in [0.2, 0.25) is 0 Å². The van der Waals surface area contributed by atoms with Gasteiger partial charge in [-0.2, -0.15) is 0 Å². The number of furan rings is 1. The van der Waals surface area contributed by atoms with Gasteiger partial charge in [-0.05, 0) is 31.4 Å². The molecule has 3 nitrogen and oxygen atoms in total. The Kier molecular flexibility index (Phi) is 3.84. The van der Waals surface area contributed by atoms with Gasteiger partial charge in [0.25, 0.3) is 0 Å². The molecular weight excluding hydrogens is 156 g/mol. The monoisotopic (exact) mass is 170 g/mol. The van der Waals surface area contributed by atoms with E-state index in [1.807, 2.05) is 0 Å². The molecule has 1 aromatic heterocycles. The zero-order valence-corrected chi connectivity index (χ0v) is 6.94. The van der Waals surface area contributed by atoms with E-state index in [2.05, 4.69) is 0 Å². The van der Waals surface area contributed by atoms with Crippen LogP contribution in [-0.2, 0) is 0 Å². The lowest BCUT2D eigenvalue weighted by molar-refractivity contribution is 0.134. The van der Waals surface area contributed by atoms with Crippen molar-refractivity contribution in [1.82, 2.24) is 0 Å². The summed E-state index contributed by atoms with van der Waals surface area (Å²) in [6, 6.07) is 3.51. The van der Waals surface area contributed by atoms with E-state index in [0.717, 1.165) is 12.8 Å². The van der Waals surface area contributed by atoms with Gasteiger partial charge in [-0.25, -0.2) is 0 Å². The summed E-state index contributed by atoms with van der Waals surface area (Å²) in [6.45, 7) is 0.185. The Morgan fingerprint density at radius 2 is 2.25 bits per heavy atom. The van der Waals surface area contributed by atoms with E-state index in [4.69, 9.17) is 9.52 Å². The average molecular weight is 170 g/mol. The minimum atomic E-state index is -0.522. The highest BCUT2D eigenvalue weighted by Gasteiger charge is 2.08. The highest BCUT2D eigenvalue weighted by molar-refractivity contribution is 5.01. The molecule has 0 aliphatic carbocycles. The fourth-order valence-corrected chi connectivity index (χ4v) is 1.07. The van der Waals surface area contributed by atoms with Crippen molar-refractivity contribution in [2.75, 3.05) is 6.61 Å². The van der Waals surface area contributed by atoms with Gasteiger partial charge < -0.3 is 14.6 Å². The van der Waals surface area contributed by atoms with E-state index in [1.165, 1.54) is 0 Å². The SMILES string of the molecule is OCCCC[C@H](O)c1ccco1. The number of hydrogen-bond donors (Lipinski definition) is 2. The number of rotatable bonds is 5. The predicted octanol–water partition coefficient (Wildman–Crippen LogP) is 1.48. The molecule has 0 aliphatic heterocycles. The van der Waals surface area contributed by atoms with Gasteiger partial charge >= 0.3 is 0 Å². The summed E-state index contributed by atoms with van der Waals surface area (Å²) in [6.07, 6.45) is 3.22. The van der Waals surface area contributed by atoms with E-state index >= 15 is 0 Å². The summed E-state index contributed by atoms with van der Waals surface area (Å²) >= 11 is 0. The molecule has 2 N–H and O–H groups in total. The molecule has 0 fully saturated rings. The van der Waals surface area contributed by atoms with E-state index < -0.39 is 6.10 Å². The van der Waals surface area contributed by atoms with Crippen molar-refractivity contribution in [2.24, 2.45) is 0 Å². The van der Waals surface area contributed by atoms with E-state index in [1.54, 1.807) is 18.4 Å². The van der Waals surface area contributed by atoms with Crippen molar-refractivity contribution in [3.8, 4) is 0 Å². The van der Waals surface area contributed by atoms with Gasteiger partial charge in [-0.15, -0.1) is 0 Å². The number of unbranched alkanes of at least 4 members (excludes halogenated alkanes) is 1. The molecule has 3 heteroatoms. The smallest absolute Gasteiger partial charge is 0.132 e. The third-order valence-electron chi connectivity index (χ3n) is 1.76. The molecule has 1 atom stereocenters. The Hall–Kier alpha value is -0.800. The predicted molar refractivity (Wildman–Crippen MR) is 44.6 cm³/mol. The molecule has 0 spiro atoms. The van der Waals surface area contributed by atoms with Gasteiger partial charge in [0, 0.05) is 6.61 Å². The van der Waals surface area contributed by atoms with E-state index in [0.29, 0.717) is 12.2 Å². The maximum absolute atomic E-state index is 9.46. The van der Waals surface area contributed by atoms with Gasteiger partial charge in [-0.1, -0.05) is 0 Å². The second-order valence-electron chi connectivity index (χ2n) is 2.75. The van der Waals surface area contributed by atoms with Crippen LogP contribution in [0.2, 0.25) is 0 Å². The molecule has 0 saturated carbocycles. The first-order valence-corrected chi connectivity index (χ1v) is 4.17. The van der Waals surface area contributed by atoms with E-state index in [-0.39, 0.29) is 6.61 Å². The van der Waals surface area contributed by atoms with Crippen molar-refractivity contribution in [3.05, 3.63) is 24.2 Å². The lowest BCUT2D eigenvalue weighted by Crippen LogP contribution is -1.96. The van der Waals surface area contributed by atoms with Crippen LogP contribution in [0.3, 0.4) is 0 Å². The number of aliphatic hydroxyl groups is 2. The van der Waals surface area contributed by atoms with Crippen molar-refractivity contribution >= 4 is 0 Å². The zero-order valence-electron chi connectivity index (χ0n) is 6.94. The standard InChI is InChI=1S/C9H14O3/c10-6-2-1-4-8(11)9-5-3-7-12-9/h3,5,7-8,10-11H,1-2,4,6H2/t8-/m0/s1. The van der Waals surface area contributed by atoms with Crippen LogP contribution in [0, 0.1) is 0 Å². The third-order valence-corrected chi connectivity index (χ3v) is 1.76. The van der Waals surface area contributed by atoms with Gasteiger partial charge in [-0.3, -0.25) is 0 Å². The molecule has 0 unspecified atom stereocenters. The Morgan fingerprint density at radius 3 is 2.83 bits per heavy atom. The molecule has 1 aromatic rings. The summed E-state index contributed by atoms with van der Waals surface area (Å²) < 4.78 is 5.01. The molecule has 68 valence electrons. The van der Waals surface area contributed by atoms with Gasteiger partial charge in [0.15, 0.2) is 0 Å². The molecule has 0 bridgehead atoms. The molecular formula is C9H14O3. The molecule has 1 heterocycles. The maximum atomic E-state index is 9.46. The fraction of sp³-hybridized carbons (Fsp3) is 0.556. The summed E-state index contributed by atoms with van der Waals surface area (Å²) in [5.74, 6) is 0.605. The Bertz CT molecular complexity index is 194. The highest BCUT2D eigenvalue weighted by Crippen LogP contribution is 2.18. The quantitative estimate of drug-likeness (QED) is 0.658. The van der Waals surface area contributed by atoms with Crippen molar-refractivity contribution in [3.63, 3.8) is 0 Å². The fourth-order valence-electron chi connectivity index (χ4n) is 1.07. The van der Waals surface area contributed by atoms with Crippen LogP contribution >= 0.6 is 0 Å². The minimum Gasteiger partial charge on any atom is -0.467 e.